The molecule has 4 rings (SSSR count). The molecule has 0 unspecified atom stereocenters. The maximum absolute atomic E-state index is 12.7. The molecule has 0 N–H and O–H groups in total. The Labute approximate surface area is 184 Å². The number of benzene rings is 2. The van der Waals surface area contributed by atoms with Gasteiger partial charge in [-0.2, -0.15) is 4.31 Å². The summed E-state index contributed by atoms with van der Waals surface area (Å²) in [6, 6.07) is 11.3. The fraction of sp³-hybridized carbons (Fsp3) is 0.300. The van der Waals surface area contributed by atoms with Crippen LogP contribution in [0.25, 0.3) is 11.5 Å². The predicted molar refractivity (Wildman–Crippen MR) is 113 cm³/mol. The summed E-state index contributed by atoms with van der Waals surface area (Å²) in [5.74, 6) is 1.02. The molecule has 1 aliphatic rings. The number of halogens is 2. The Kier molecular flexibility index (Phi) is 6.29. The molecule has 158 valence electrons. The number of ether oxygens (including phenoxy) is 1. The summed E-state index contributed by atoms with van der Waals surface area (Å²) in [5, 5.41) is 8.85. The van der Waals surface area contributed by atoms with E-state index < -0.39 is 10.0 Å². The molecule has 0 amide bonds. The van der Waals surface area contributed by atoms with Gasteiger partial charge in [-0.25, -0.2) is 8.42 Å². The highest BCUT2D eigenvalue weighted by Crippen LogP contribution is 2.29. The maximum atomic E-state index is 12.7. The minimum absolute atomic E-state index is 0.0381. The number of sulfonamides is 1. The lowest BCUT2D eigenvalue weighted by Gasteiger charge is -2.25. The lowest BCUT2D eigenvalue weighted by atomic mass is 10.2. The van der Waals surface area contributed by atoms with Crippen molar-refractivity contribution in [3.05, 3.63) is 58.4 Å². The van der Waals surface area contributed by atoms with E-state index >= 15 is 0 Å². The zero-order valence-electron chi connectivity index (χ0n) is 15.9. The molecule has 1 aliphatic heterocycles. The van der Waals surface area contributed by atoms with Gasteiger partial charge in [-0.15, -0.1) is 10.2 Å². The number of hydrogen-bond donors (Lipinski definition) is 0. The van der Waals surface area contributed by atoms with E-state index in [0.29, 0.717) is 34.4 Å². The lowest BCUT2D eigenvalue weighted by molar-refractivity contribution is 0.264. The molecule has 0 bridgehead atoms. The Hall–Kier alpha value is -2.13. The summed E-state index contributed by atoms with van der Waals surface area (Å²) in [5.41, 5.74) is 0.576. The molecule has 0 saturated carbocycles. The highest BCUT2D eigenvalue weighted by molar-refractivity contribution is 7.89. The summed E-state index contributed by atoms with van der Waals surface area (Å²) < 4.78 is 38.2. The second-order valence-corrected chi connectivity index (χ2v) is 9.63. The second-order valence-electron chi connectivity index (χ2n) is 6.85. The van der Waals surface area contributed by atoms with Gasteiger partial charge in [0.1, 0.15) is 5.75 Å². The summed E-state index contributed by atoms with van der Waals surface area (Å²) in [6.45, 7) is 1.17. The van der Waals surface area contributed by atoms with Gasteiger partial charge in [0, 0.05) is 18.1 Å². The first-order valence-electron chi connectivity index (χ1n) is 9.44. The van der Waals surface area contributed by atoms with Crippen molar-refractivity contribution in [3.8, 4) is 17.2 Å². The average Bonchev–Trinajstić information content (AvgIpc) is 3.22. The molecular formula is C20H19Cl2N3O4S. The topological polar surface area (TPSA) is 85.5 Å². The summed E-state index contributed by atoms with van der Waals surface area (Å²) in [7, 11) is -3.47. The maximum Gasteiger partial charge on any atom is 0.254 e. The predicted octanol–water partition coefficient (Wildman–Crippen LogP) is 4.80. The summed E-state index contributed by atoms with van der Waals surface area (Å²) in [6.07, 6.45) is 2.86. The van der Waals surface area contributed by atoms with Gasteiger partial charge in [0.2, 0.25) is 15.9 Å². The Balaban J connectivity index is 1.40. The fourth-order valence-corrected chi connectivity index (χ4v) is 5.20. The van der Waals surface area contributed by atoms with Gasteiger partial charge >= 0.3 is 0 Å². The van der Waals surface area contributed by atoms with Gasteiger partial charge in [0.15, 0.2) is 6.61 Å². The molecule has 30 heavy (non-hydrogen) atoms. The van der Waals surface area contributed by atoms with Crippen LogP contribution in [0.2, 0.25) is 10.0 Å². The van der Waals surface area contributed by atoms with Crippen LogP contribution in [0.3, 0.4) is 0 Å². The third-order valence-corrected chi connectivity index (χ3v) is 7.23. The molecule has 2 heterocycles. The minimum atomic E-state index is -3.47. The van der Waals surface area contributed by atoms with Gasteiger partial charge < -0.3 is 9.15 Å². The molecule has 1 saturated heterocycles. The van der Waals surface area contributed by atoms with E-state index in [-0.39, 0.29) is 23.3 Å². The molecule has 10 heteroatoms. The second kappa shape index (κ2) is 8.93. The number of nitrogens with zero attached hydrogens (tertiary/aromatic N) is 3. The third kappa shape index (κ3) is 4.62. The third-order valence-electron chi connectivity index (χ3n) is 4.77. The van der Waals surface area contributed by atoms with Crippen molar-refractivity contribution in [2.24, 2.45) is 0 Å². The molecule has 1 aromatic heterocycles. The molecular weight excluding hydrogens is 449 g/mol. The molecule has 1 fully saturated rings. The molecule has 7 nitrogen and oxygen atoms in total. The van der Waals surface area contributed by atoms with Crippen molar-refractivity contribution in [2.75, 3.05) is 13.1 Å². The molecule has 0 spiro atoms. The highest BCUT2D eigenvalue weighted by Gasteiger charge is 2.25. The smallest absolute Gasteiger partial charge is 0.254 e. The van der Waals surface area contributed by atoms with Crippen molar-refractivity contribution in [1.82, 2.24) is 14.5 Å². The quantitative estimate of drug-likeness (QED) is 0.517. The van der Waals surface area contributed by atoms with E-state index in [0.717, 1.165) is 19.3 Å². The highest BCUT2D eigenvalue weighted by atomic mass is 35.5. The van der Waals surface area contributed by atoms with E-state index in [1.54, 1.807) is 42.5 Å². The van der Waals surface area contributed by atoms with Crippen LogP contribution in [0.4, 0.5) is 0 Å². The van der Waals surface area contributed by atoms with Crippen molar-refractivity contribution in [2.45, 2.75) is 30.8 Å². The Morgan fingerprint density at radius 3 is 2.43 bits per heavy atom. The van der Waals surface area contributed by atoms with E-state index in [1.807, 2.05) is 0 Å². The SMILES string of the molecule is O=S(=O)(c1ccc(OCc2nnc(-c3ccc(Cl)cc3Cl)o2)cc1)N1CCCCC1. The first kappa shape index (κ1) is 21.1. The van der Waals surface area contributed by atoms with Crippen LogP contribution in [0.1, 0.15) is 25.2 Å². The number of hydrogen-bond acceptors (Lipinski definition) is 6. The van der Waals surface area contributed by atoms with E-state index in [4.69, 9.17) is 32.4 Å². The van der Waals surface area contributed by atoms with Crippen LogP contribution >= 0.6 is 23.2 Å². The molecule has 3 aromatic rings. The van der Waals surface area contributed by atoms with E-state index in [1.165, 1.54) is 4.31 Å². The first-order chi connectivity index (χ1) is 14.4. The standard InChI is InChI=1S/C20H19Cl2N3O4S/c21-14-4-9-17(18(22)12-14)20-24-23-19(29-20)13-28-15-5-7-16(8-6-15)30(26,27)25-10-2-1-3-11-25/h4-9,12H,1-3,10-11,13H2. The Bertz CT molecular complexity index is 1130. The monoisotopic (exact) mass is 467 g/mol. The Morgan fingerprint density at radius 2 is 1.73 bits per heavy atom. The molecule has 0 radical (unpaired) electrons. The summed E-state index contributed by atoms with van der Waals surface area (Å²) >= 11 is 12.1. The number of rotatable bonds is 6. The van der Waals surface area contributed by atoms with Gasteiger partial charge in [-0.1, -0.05) is 29.6 Å². The van der Waals surface area contributed by atoms with E-state index in [9.17, 15) is 8.42 Å². The van der Waals surface area contributed by atoms with Crippen LogP contribution in [-0.2, 0) is 16.6 Å². The molecule has 2 aromatic carbocycles. The average molecular weight is 468 g/mol. The van der Waals surface area contributed by atoms with Crippen LogP contribution in [0.5, 0.6) is 5.75 Å². The van der Waals surface area contributed by atoms with Crippen molar-refractivity contribution in [1.29, 1.82) is 0 Å². The first-order valence-corrected chi connectivity index (χ1v) is 11.6. The van der Waals surface area contributed by atoms with Crippen LogP contribution in [0, 0.1) is 0 Å². The van der Waals surface area contributed by atoms with Crippen LogP contribution in [0.15, 0.2) is 51.8 Å². The van der Waals surface area contributed by atoms with Gasteiger partial charge in [-0.05, 0) is 55.3 Å². The lowest BCUT2D eigenvalue weighted by Crippen LogP contribution is -2.35. The van der Waals surface area contributed by atoms with Gasteiger partial charge in [0.05, 0.1) is 15.5 Å². The van der Waals surface area contributed by atoms with Crippen molar-refractivity contribution >= 4 is 33.2 Å². The Morgan fingerprint density at radius 1 is 1.00 bits per heavy atom. The number of aromatic nitrogens is 2. The van der Waals surface area contributed by atoms with Crippen LogP contribution in [-0.4, -0.2) is 36.0 Å². The normalized spacial score (nSPS) is 15.3. The molecule has 0 atom stereocenters. The minimum Gasteiger partial charge on any atom is -0.484 e. The van der Waals surface area contributed by atoms with Gasteiger partial charge in [0.25, 0.3) is 5.89 Å². The zero-order chi connectivity index (χ0) is 21.1. The zero-order valence-corrected chi connectivity index (χ0v) is 18.3. The summed E-state index contributed by atoms with van der Waals surface area (Å²) in [4.78, 5) is 0.259. The van der Waals surface area contributed by atoms with E-state index in [2.05, 4.69) is 10.2 Å². The largest absolute Gasteiger partial charge is 0.484 e. The molecule has 0 aliphatic carbocycles. The fourth-order valence-electron chi connectivity index (χ4n) is 3.19. The van der Waals surface area contributed by atoms with Crippen LogP contribution < -0.4 is 4.74 Å². The van der Waals surface area contributed by atoms with Crippen molar-refractivity contribution < 1.29 is 17.6 Å². The number of piperidine rings is 1. The van der Waals surface area contributed by atoms with Crippen molar-refractivity contribution in [3.63, 3.8) is 0 Å². The van der Waals surface area contributed by atoms with Gasteiger partial charge in [-0.3, -0.25) is 0 Å².